The van der Waals surface area contributed by atoms with Gasteiger partial charge >= 0.3 is 0 Å². The topological polar surface area (TPSA) is 37.3 Å². The first-order chi connectivity index (χ1) is 9.10. The second-order valence-corrected chi connectivity index (χ2v) is 6.23. The Kier molecular flexibility index (Phi) is 7.03. The van der Waals surface area contributed by atoms with Crippen LogP contribution in [-0.4, -0.2) is 15.4 Å². The van der Waals surface area contributed by atoms with Gasteiger partial charge in [-0.15, -0.1) is 0 Å². The summed E-state index contributed by atoms with van der Waals surface area (Å²) in [5.41, 5.74) is 1.15. The summed E-state index contributed by atoms with van der Waals surface area (Å²) in [5.74, 6) is 0. The molecule has 0 amide bonds. The molecule has 0 aliphatic carbocycles. The number of unbranched alkanes of at least 4 members (excludes halogenated alkanes) is 1. The van der Waals surface area contributed by atoms with Crippen LogP contribution in [-0.2, 0) is 10.8 Å². The minimum atomic E-state index is -1.25. The molecule has 0 aliphatic heterocycles. The summed E-state index contributed by atoms with van der Waals surface area (Å²) in [6.07, 6.45) is 4.76. The fourth-order valence-electron chi connectivity index (χ4n) is 1.87. The quantitative estimate of drug-likeness (QED) is 0.821. The van der Waals surface area contributed by atoms with E-state index in [-0.39, 0.29) is 0 Å². The molecule has 0 heterocycles. The van der Waals surface area contributed by atoms with Crippen LogP contribution in [0.25, 0.3) is 0 Å². The lowest BCUT2D eigenvalue weighted by molar-refractivity contribution is 0.204. The molecular weight excluding hydrogens is 256 g/mol. The van der Waals surface area contributed by atoms with Gasteiger partial charge in [0, 0.05) is 9.80 Å². The third-order valence-corrected chi connectivity index (χ3v) is 4.58. The molecule has 3 heteroatoms. The standard InChI is InChI=1S/C16H24O2S/c1-4-6-8-15(17)16(7-5-2)19(18)14-11-9-13(3)10-12-14/h7,9-12,15,17H,4-6,8H2,1-3H3/b16-7+/t15-,19?/m0/s1. The number of hydrogen-bond acceptors (Lipinski definition) is 2. The Morgan fingerprint density at radius 2 is 1.95 bits per heavy atom. The maximum absolute atomic E-state index is 12.5. The van der Waals surface area contributed by atoms with Crippen LogP contribution >= 0.6 is 0 Å². The van der Waals surface area contributed by atoms with Gasteiger partial charge in [0.15, 0.2) is 0 Å². The van der Waals surface area contributed by atoms with Gasteiger partial charge in [-0.05, 0) is 31.9 Å². The van der Waals surface area contributed by atoms with Crippen molar-refractivity contribution in [1.82, 2.24) is 0 Å². The lowest BCUT2D eigenvalue weighted by atomic mass is 10.1. The Morgan fingerprint density at radius 3 is 2.47 bits per heavy atom. The van der Waals surface area contributed by atoms with Crippen LogP contribution in [0.2, 0.25) is 0 Å². The molecule has 0 radical (unpaired) electrons. The first kappa shape index (κ1) is 16.1. The molecule has 2 atom stereocenters. The summed E-state index contributed by atoms with van der Waals surface area (Å²) in [7, 11) is -1.25. The van der Waals surface area contributed by atoms with Crippen molar-refractivity contribution in [3.8, 4) is 0 Å². The lowest BCUT2D eigenvalue weighted by Gasteiger charge is -2.14. The van der Waals surface area contributed by atoms with Gasteiger partial charge in [-0.25, -0.2) is 4.21 Å². The Balaban J connectivity index is 2.90. The fourth-order valence-corrected chi connectivity index (χ4v) is 3.21. The number of aliphatic hydroxyl groups excluding tert-OH is 1. The van der Waals surface area contributed by atoms with Crippen LogP contribution in [0.1, 0.15) is 45.1 Å². The predicted octanol–water partition coefficient (Wildman–Crippen LogP) is 3.95. The highest BCUT2D eigenvalue weighted by atomic mass is 32.2. The van der Waals surface area contributed by atoms with Crippen LogP contribution < -0.4 is 0 Å². The predicted molar refractivity (Wildman–Crippen MR) is 81.5 cm³/mol. The molecule has 0 saturated heterocycles. The number of allylic oxidation sites excluding steroid dienone is 1. The fraction of sp³-hybridized carbons (Fsp3) is 0.500. The summed E-state index contributed by atoms with van der Waals surface area (Å²) in [6.45, 7) is 6.09. The normalized spacial score (nSPS) is 15.3. The third-order valence-electron chi connectivity index (χ3n) is 3.01. The highest BCUT2D eigenvalue weighted by Crippen LogP contribution is 2.21. The van der Waals surface area contributed by atoms with E-state index in [1.54, 1.807) is 0 Å². The number of rotatable bonds is 7. The maximum Gasteiger partial charge on any atom is 0.0874 e. The Labute approximate surface area is 119 Å². The van der Waals surface area contributed by atoms with E-state index >= 15 is 0 Å². The van der Waals surface area contributed by atoms with Crippen molar-refractivity contribution in [3.63, 3.8) is 0 Å². The Morgan fingerprint density at radius 1 is 1.32 bits per heavy atom. The smallest absolute Gasteiger partial charge is 0.0874 e. The first-order valence-corrected chi connectivity index (χ1v) is 8.11. The number of hydrogen-bond donors (Lipinski definition) is 1. The van der Waals surface area contributed by atoms with Crippen LogP contribution in [0.3, 0.4) is 0 Å². The molecule has 0 saturated carbocycles. The highest BCUT2D eigenvalue weighted by molar-refractivity contribution is 7.89. The van der Waals surface area contributed by atoms with Gasteiger partial charge in [-0.1, -0.05) is 50.5 Å². The molecule has 106 valence electrons. The first-order valence-electron chi connectivity index (χ1n) is 6.96. The van der Waals surface area contributed by atoms with E-state index in [1.807, 2.05) is 44.2 Å². The van der Waals surface area contributed by atoms with Crippen molar-refractivity contribution in [3.05, 3.63) is 40.8 Å². The molecule has 0 bridgehead atoms. The minimum Gasteiger partial charge on any atom is -0.388 e. The van der Waals surface area contributed by atoms with Gasteiger partial charge in [-0.3, -0.25) is 0 Å². The molecule has 0 fully saturated rings. The van der Waals surface area contributed by atoms with Crippen molar-refractivity contribution in [2.24, 2.45) is 0 Å². The van der Waals surface area contributed by atoms with E-state index in [2.05, 4.69) is 6.92 Å². The average molecular weight is 280 g/mol. The summed E-state index contributed by atoms with van der Waals surface area (Å²) < 4.78 is 12.5. The molecule has 0 aliphatic rings. The second kappa shape index (κ2) is 8.28. The Bertz CT molecular complexity index is 435. The van der Waals surface area contributed by atoms with E-state index in [1.165, 1.54) is 0 Å². The summed E-state index contributed by atoms with van der Waals surface area (Å²) in [4.78, 5) is 1.42. The Hall–Kier alpha value is -0.930. The van der Waals surface area contributed by atoms with E-state index in [9.17, 15) is 9.32 Å². The number of aliphatic hydroxyl groups is 1. The zero-order valence-electron chi connectivity index (χ0n) is 12.1. The molecular formula is C16H24O2S. The van der Waals surface area contributed by atoms with E-state index in [0.717, 1.165) is 29.7 Å². The summed E-state index contributed by atoms with van der Waals surface area (Å²) in [5, 5.41) is 10.2. The second-order valence-electron chi connectivity index (χ2n) is 4.75. The molecule has 19 heavy (non-hydrogen) atoms. The average Bonchev–Trinajstić information content (AvgIpc) is 2.42. The molecule has 0 aromatic heterocycles. The zero-order valence-corrected chi connectivity index (χ0v) is 12.9. The summed E-state index contributed by atoms with van der Waals surface area (Å²) >= 11 is 0. The maximum atomic E-state index is 12.5. The summed E-state index contributed by atoms with van der Waals surface area (Å²) in [6, 6.07) is 7.66. The minimum absolute atomic E-state index is 0.595. The van der Waals surface area contributed by atoms with Gasteiger partial charge < -0.3 is 5.11 Å². The van der Waals surface area contributed by atoms with Crippen molar-refractivity contribution < 1.29 is 9.32 Å². The molecule has 1 aromatic rings. The van der Waals surface area contributed by atoms with Crippen molar-refractivity contribution in [2.45, 2.75) is 57.5 Å². The van der Waals surface area contributed by atoms with Crippen molar-refractivity contribution in [1.29, 1.82) is 0 Å². The van der Waals surface area contributed by atoms with Crippen LogP contribution in [0.15, 0.2) is 40.1 Å². The number of aryl methyl sites for hydroxylation is 1. The van der Waals surface area contributed by atoms with Gasteiger partial charge in [0.2, 0.25) is 0 Å². The van der Waals surface area contributed by atoms with Gasteiger partial charge in [0.05, 0.1) is 16.9 Å². The monoisotopic (exact) mass is 280 g/mol. The molecule has 0 spiro atoms. The molecule has 1 rings (SSSR count). The van der Waals surface area contributed by atoms with Crippen molar-refractivity contribution in [2.75, 3.05) is 0 Å². The van der Waals surface area contributed by atoms with Gasteiger partial charge in [0.25, 0.3) is 0 Å². The molecule has 2 nitrogen and oxygen atoms in total. The van der Waals surface area contributed by atoms with E-state index in [4.69, 9.17) is 0 Å². The van der Waals surface area contributed by atoms with Crippen LogP contribution in [0.5, 0.6) is 0 Å². The van der Waals surface area contributed by atoms with Crippen LogP contribution in [0, 0.1) is 6.92 Å². The van der Waals surface area contributed by atoms with Gasteiger partial charge in [0.1, 0.15) is 0 Å². The molecule has 1 aromatic carbocycles. The van der Waals surface area contributed by atoms with E-state index < -0.39 is 16.9 Å². The largest absolute Gasteiger partial charge is 0.388 e. The SMILES string of the molecule is CC/C=C(\[C@@H](O)CCCC)S(=O)c1ccc(C)cc1. The van der Waals surface area contributed by atoms with Crippen LogP contribution in [0.4, 0.5) is 0 Å². The van der Waals surface area contributed by atoms with Gasteiger partial charge in [-0.2, -0.15) is 0 Å². The van der Waals surface area contributed by atoms with Crippen molar-refractivity contribution >= 4 is 10.8 Å². The molecule has 1 unspecified atom stereocenters. The van der Waals surface area contributed by atoms with E-state index in [0.29, 0.717) is 11.3 Å². The molecule has 1 N–H and O–H groups in total. The highest BCUT2D eigenvalue weighted by Gasteiger charge is 2.18. The number of benzene rings is 1. The zero-order chi connectivity index (χ0) is 14.3. The lowest BCUT2D eigenvalue weighted by Crippen LogP contribution is -2.14. The third kappa shape index (κ3) is 4.92.